The summed E-state index contributed by atoms with van der Waals surface area (Å²) in [6.07, 6.45) is 0. The van der Waals surface area contributed by atoms with E-state index in [4.69, 9.17) is 10.2 Å². The van der Waals surface area contributed by atoms with Gasteiger partial charge in [-0.3, -0.25) is 0 Å². The predicted molar refractivity (Wildman–Crippen MR) is 23.2 cm³/mol. The Labute approximate surface area is 54.1 Å². The van der Waals surface area contributed by atoms with Crippen LogP contribution in [0, 0.1) is 6.61 Å². The minimum absolute atomic E-state index is 0. The fraction of sp³-hybridized carbons (Fsp3) is 0.750. The molecule has 0 saturated carbocycles. The Morgan fingerprint density at radius 3 is 1.64 bits per heavy atom. The van der Waals surface area contributed by atoms with E-state index in [1.807, 2.05) is 0 Å². The molecule has 0 amide bonds. The molecule has 0 fully saturated rings. The summed E-state index contributed by atoms with van der Waals surface area (Å²) in [5.74, 6) is -9.26. The van der Waals surface area contributed by atoms with E-state index in [0.29, 0.717) is 0 Å². The smallest absolute Gasteiger partial charge is 0.306 e. The van der Waals surface area contributed by atoms with Crippen LogP contribution in [0.25, 0.3) is 0 Å². The van der Waals surface area contributed by atoms with Crippen molar-refractivity contribution in [1.82, 2.24) is 0 Å². The fourth-order valence-electron chi connectivity index (χ4n) is 0.200. The van der Waals surface area contributed by atoms with Gasteiger partial charge in [0.15, 0.2) is 0 Å². The van der Waals surface area contributed by atoms with Crippen LogP contribution in [-0.4, -0.2) is 28.7 Å². The molecule has 0 aliphatic rings. The maximum absolute atomic E-state index is 11.7. The maximum Gasteiger partial charge on any atom is 0.306 e. The molecule has 0 aliphatic heterocycles. The van der Waals surface area contributed by atoms with Crippen molar-refractivity contribution in [3.63, 3.8) is 0 Å². The summed E-state index contributed by atoms with van der Waals surface area (Å²) in [5.41, 5.74) is 0. The molecule has 0 saturated heterocycles. The van der Waals surface area contributed by atoms with Gasteiger partial charge in [-0.05, 0) is 0 Å². The summed E-state index contributed by atoms with van der Waals surface area (Å²) in [7, 11) is 0. The van der Waals surface area contributed by atoms with Gasteiger partial charge in [0.1, 0.15) is 6.61 Å². The summed E-state index contributed by atoms with van der Waals surface area (Å²) >= 11 is 0. The molecule has 2 N–H and O–H groups in total. The molecule has 0 atom stereocenters. The van der Waals surface area contributed by atoms with Crippen LogP contribution in [-0.2, 0) is 0 Å². The van der Waals surface area contributed by atoms with E-state index in [1.165, 1.54) is 0 Å². The van der Waals surface area contributed by atoms with Gasteiger partial charge in [0, 0.05) is 0 Å². The topological polar surface area (TPSA) is 40.5 Å². The van der Waals surface area contributed by atoms with Gasteiger partial charge in [-0.2, -0.15) is 0 Å². The van der Waals surface area contributed by atoms with Crippen molar-refractivity contribution in [3.8, 4) is 0 Å². The molecule has 0 aromatic carbocycles. The predicted octanol–water partition coefficient (Wildman–Crippen LogP) is 0.784. The van der Waals surface area contributed by atoms with Crippen molar-refractivity contribution in [2.75, 3.05) is 6.61 Å². The molecule has 0 bridgehead atoms. The Morgan fingerprint density at radius 2 is 1.55 bits per heavy atom. The molecule has 0 aliphatic carbocycles. The van der Waals surface area contributed by atoms with E-state index in [2.05, 4.69) is 0 Å². The van der Waals surface area contributed by atoms with Gasteiger partial charge >= 0.3 is 5.92 Å². The summed E-state index contributed by atoms with van der Waals surface area (Å²) < 4.78 is 46.9. The first-order valence-electron chi connectivity index (χ1n) is 2.22. The third-order valence-electron chi connectivity index (χ3n) is 0.848. The van der Waals surface area contributed by atoms with Crippen LogP contribution in [0.15, 0.2) is 0 Å². The second kappa shape index (κ2) is 3.16. The third-order valence-corrected chi connectivity index (χ3v) is 0.848. The van der Waals surface area contributed by atoms with Crippen molar-refractivity contribution < 1.29 is 27.8 Å². The molecule has 7 heteroatoms. The minimum Gasteiger partial charge on any atom is -0.560 e. The largest absolute Gasteiger partial charge is 0.560 e. The van der Waals surface area contributed by atoms with Crippen molar-refractivity contribution in [1.29, 1.82) is 0 Å². The number of hydrogen-bond donors (Lipinski definition) is 2. The molecule has 0 spiro atoms. The normalized spacial score (nSPS) is 12.5. The van der Waals surface area contributed by atoms with Crippen LogP contribution in [0.1, 0.15) is 0 Å². The first kappa shape index (κ1) is 12.3. The molecule has 0 radical (unpaired) electrons. The quantitative estimate of drug-likeness (QED) is 0.516. The first-order chi connectivity index (χ1) is 4.37. The number of halogens is 4. The van der Waals surface area contributed by atoms with Crippen molar-refractivity contribution >= 4 is 0 Å². The van der Waals surface area contributed by atoms with E-state index in [0.717, 1.165) is 0 Å². The van der Waals surface area contributed by atoms with Gasteiger partial charge in [-0.25, -0.2) is 17.6 Å². The fourth-order valence-corrected chi connectivity index (χ4v) is 0.200. The van der Waals surface area contributed by atoms with Gasteiger partial charge in [-0.1, -0.05) is 0 Å². The second-order valence-electron chi connectivity index (χ2n) is 1.61. The van der Waals surface area contributed by atoms with Gasteiger partial charge in [0.25, 0.3) is 0 Å². The molecule has 0 rings (SSSR count). The maximum atomic E-state index is 11.7. The molecule has 64 valence electrons. The zero-order chi connectivity index (χ0) is 8.41. The molecule has 0 unspecified atom stereocenters. The van der Waals surface area contributed by atoms with Crippen LogP contribution in [0.2, 0.25) is 0 Å². The zero-order valence-corrected chi connectivity index (χ0v) is 11.8. The van der Waals surface area contributed by atoms with E-state index in [-0.39, 0.29) is 0 Å². The number of aliphatic hydroxyl groups excluding tert-OH is 2. The van der Waals surface area contributed by atoms with Crippen LogP contribution in [0.3, 0.4) is 0 Å². The van der Waals surface area contributed by atoms with E-state index in [9.17, 15) is 17.6 Å². The number of alkyl halides is 4. The van der Waals surface area contributed by atoms with Crippen LogP contribution < -0.4 is 0 Å². The van der Waals surface area contributed by atoms with Crippen molar-refractivity contribution in [3.05, 3.63) is 6.61 Å². The molecule has 2 nitrogen and oxygen atoms in total. The number of rotatable bonds is 3. The summed E-state index contributed by atoms with van der Waals surface area (Å²) in [6, 6.07) is 0. The SMILES string of the molecule is O[CH-]C(F)(F)C(F)(F)CO.[Rf]. The average Bonchev–Trinajstić information content (AvgIpc) is 1.88. The second-order valence-corrected chi connectivity index (χ2v) is 1.61. The standard InChI is InChI=1S/C4H5F4O2.Rf/c5-3(6,1-9)4(7,8)2-10;/h1,9-10H,2H2;/q-1;. The molecular weight excluding hydrogens is 423 g/mol. The molecule has 0 aromatic heterocycles. The van der Waals surface area contributed by atoms with Crippen LogP contribution >= 0.6 is 0 Å². The first-order valence-corrected chi connectivity index (χ1v) is 2.22. The van der Waals surface area contributed by atoms with Gasteiger partial charge in [0.2, 0.25) is 5.92 Å². The Kier molecular flexibility index (Phi) is 3.54. The summed E-state index contributed by atoms with van der Waals surface area (Å²) in [6.45, 7) is -2.94. The average molecular weight is 428 g/mol. The Bertz CT molecular complexity index is 105. The van der Waals surface area contributed by atoms with Crippen LogP contribution in [0.4, 0.5) is 17.6 Å². The van der Waals surface area contributed by atoms with E-state index in [1.54, 1.807) is 0 Å². The number of hydrogen-bond acceptors (Lipinski definition) is 2. The zero-order valence-electron chi connectivity index (χ0n) is 5.40. The number of aliphatic hydroxyl groups is 2. The van der Waals surface area contributed by atoms with E-state index >= 15 is 0 Å². The Hall–Kier alpha value is -1.36. The Morgan fingerprint density at radius 1 is 1.18 bits per heavy atom. The van der Waals surface area contributed by atoms with Gasteiger partial charge in [0.05, 0.1) is 0 Å². The minimum atomic E-state index is -4.66. The van der Waals surface area contributed by atoms with Crippen LogP contribution in [0.5, 0.6) is 0 Å². The van der Waals surface area contributed by atoms with E-state index < -0.39 is 25.1 Å². The monoisotopic (exact) mass is 428 g/mol. The van der Waals surface area contributed by atoms with Crippen molar-refractivity contribution in [2.24, 2.45) is 0 Å². The molecule has 0 heterocycles. The molecule has 11 heavy (non-hydrogen) atoms. The summed E-state index contributed by atoms with van der Waals surface area (Å²) in [5, 5.41) is 15.3. The third kappa shape index (κ3) is 2.05. The van der Waals surface area contributed by atoms with Crippen molar-refractivity contribution in [2.45, 2.75) is 11.8 Å². The molecular formula is C4H5F4O2Rf-. The summed E-state index contributed by atoms with van der Waals surface area (Å²) in [4.78, 5) is 0. The van der Waals surface area contributed by atoms with Gasteiger partial charge in [-0.15, -0.1) is 6.61 Å². The van der Waals surface area contributed by atoms with Gasteiger partial charge < -0.3 is 10.2 Å². The molecule has 0 aromatic rings. The Balaban J connectivity index is 0.